The van der Waals surface area contributed by atoms with E-state index >= 15 is 0 Å². The number of amides is 1. The van der Waals surface area contributed by atoms with Crippen LogP contribution in [0, 0.1) is 6.92 Å². The first kappa shape index (κ1) is 18.9. The summed E-state index contributed by atoms with van der Waals surface area (Å²) < 4.78 is 0. The third-order valence-electron chi connectivity index (χ3n) is 3.50. The Bertz CT molecular complexity index is 644. The van der Waals surface area contributed by atoms with Crippen molar-refractivity contribution in [2.75, 3.05) is 18.1 Å². The maximum atomic E-state index is 12.4. The molecule has 0 aromatic heterocycles. The van der Waals surface area contributed by atoms with Crippen molar-refractivity contribution in [1.82, 2.24) is 5.32 Å². The molecule has 1 aromatic rings. The molecule has 2 rings (SSSR count). The maximum Gasteiger partial charge on any atom is 0.343 e. The van der Waals surface area contributed by atoms with Crippen LogP contribution in [-0.2, 0) is 9.59 Å². The lowest BCUT2D eigenvalue weighted by Gasteiger charge is -2.24. The fourth-order valence-corrected chi connectivity index (χ4v) is 4.38. The number of aryl methyl sites for hydroxylation is 1. The van der Waals surface area contributed by atoms with Gasteiger partial charge in [-0.2, -0.15) is 0 Å². The van der Waals surface area contributed by atoms with Gasteiger partial charge in [-0.15, -0.1) is 23.5 Å². The highest BCUT2D eigenvalue weighted by Gasteiger charge is 2.29. The third kappa shape index (κ3) is 4.54. The molecule has 0 saturated heterocycles. The summed E-state index contributed by atoms with van der Waals surface area (Å²) in [5.41, 5.74) is 1.60. The van der Waals surface area contributed by atoms with E-state index in [1.54, 1.807) is 12.1 Å². The molecule has 0 spiro atoms. The van der Waals surface area contributed by atoms with E-state index < -0.39 is 30.6 Å². The van der Waals surface area contributed by atoms with E-state index in [9.17, 15) is 24.9 Å². The molecule has 2 atom stereocenters. The lowest BCUT2D eigenvalue weighted by atomic mass is 10.0. The molecule has 4 N–H and O–H groups in total. The van der Waals surface area contributed by atoms with Gasteiger partial charge >= 0.3 is 5.97 Å². The van der Waals surface area contributed by atoms with Crippen LogP contribution in [0.3, 0.4) is 0 Å². The van der Waals surface area contributed by atoms with Crippen LogP contribution in [-0.4, -0.2) is 51.4 Å². The molecule has 0 fully saturated rings. The van der Waals surface area contributed by atoms with Crippen molar-refractivity contribution < 1.29 is 24.9 Å². The van der Waals surface area contributed by atoms with Gasteiger partial charge in [0.1, 0.15) is 11.0 Å². The number of carbonyl (C=O) groups excluding carboxylic acids is 1. The molecule has 0 radical (unpaired) electrons. The largest absolute Gasteiger partial charge is 0.477 e. The van der Waals surface area contributed by atoms with Crippen LogP contribution in [0.1, 0.15) is 17.2 Å². The number of rotatable bonds is 6. The standard InChI is InChI=1S/C16H19NO5S2/c1-9-2-4-10(5-3-9)12(19)11(8-18)17-15(20)13-14(16(21)22)24-7-6-23-13/h2-5,11-12,18-19H,6-8H2,1H3,(H,17,20)(H,21,22)/t11-,12-/m0/s1. The van der Waals surface area contributed by atoms with E-state index in [4.69, 9.17) is 0 Å². The topological polar surface area (TPSA) is 107 Å². The van der Waals surface area contributed by atoms with Gasteiger partial charge in [0, 0.05) is 11.5 Å². The summed E-state index contributed by atoms with van der Waals surface area (Å²) in [6, 6.07) is 6.18. The van der Waals surface area contributed by atoms with E-state index in [0.29, 0.717) is 17.1 Å². The number of benzene rings is 1. The third-order valence-corrected chi connectivity index (χ3v) is 6.05. The number of nitrogens with one attached hydrogen (secondary N) is 1. The van der Waals surface area contributed by atoms with Crippen molar-refractivity contribution in [2.24, 2.45) is 0 Å². The van der Waals surface area contributed by atoms with Crippen LogP contribution in [0.15, 0.2) is 34.1 Å². The Hall–Kier alpha value is -1.48. The van der Waals surface area contributed by atoms with E-state index in [0.717, 1.165) is 17.3 Å². The van der Waals surface area contributed by atoms with E-state index in [-0.39, 0.29) is 9.81 Å². The number of carboxylic acids is 1. The molecule has 1 aliphatic rings. The molecule has 130 valence electrons. The van der Waals surface area contributed by atoms with E-state index in [1.165, 1.54) is 11.8 Å². The lowest BCUT2D eigenvalue weighted by Crippen LogP contribution is -2.42. The smallest absolute Gasteiger partial charge is 0.343 e. The Balaban J connectivity index is 2.15. The second-order valence-electron chi connectivity index (χ2n) is 5.28. The lowest BCUT2D eigenvalue weighted by molar-refractivity contribution is -0.132. The molecule has 6 nitrogen and oxygen atoms in total. The fraction of sp³-hybridized carbons (Fsp3) is 0.375. The highest BCUT2D eigenvalue weighted by Crippen LogP contribution is 2.34. The highest BCUT2D eigenvalue weighted by molar-refractivity contribution is 8.11. The summed E-state index contributed by atoms with van der Waals surface area (Å²) >= 11 is 2.29. The first-order chi connectivity index (χ1) is 11.4. The number of aliphatic hydroxyl groups is 2. The van der Waals surface area contributed by atoms with Gasteiger partial charge < -0.3 is 20.6 Å². The Morgan fingerprint density at radius 2 is 1.75 bits per heavy atom. The molecule has 0 saturated carbocycles. The van der Waals surface area contributed by atoms with Gasteiger partial charge in [0.15, 0.2) is 0 Å². The average Bonchev–Trinajstić information content (AvgIpc) is 2.59. The van der Waals surface area contributed by atoms with E-state index in [1.807, 2.05) is 19.1 Å². The van der Waals surface area contributed by atoms with Gasteiger partial charge in [-0.25, -0.2) is 4.79 Å². The second kappa shape index (κ2) is 8.57. The van der Waals surface area contributed by atoms with Gasteiger partial charge in [0.2, 0.25) is 0 Å². The number of aliphatic hydroxyl groups excluding tert-OH is 2. The quantitative estimate of drug-likeness (QED) is 0.598. The Labute approximate surface area is 148 Å². The van der Waals surface area contributed by atoms with Gasteiger partial charge in [-0.3, -0.25) is 4.79 Å². The molecule has 1 aliphatic heterocycles. The van der Waals surface area contributed by atoms with Gasteiger partial charge in [0.05, 0.1) is 17.6 Å². The zero-order valence-corrected chi connectivity index (χ0v) is 14.7. The van der Waals surface area contributed by atoms with Gasteiger partial charge in [-0.1, -0.05) is 29.8 Å². The second-order valence-corrected chi connectivity index (χ2v) is 7.49. The molecular weight excluding hydrogens is 350 g/mol. The minimum Gasteiger partial charge on any atom is -0.477 e. The number of carbonyl (C=O) groups is 2. The zero-order valence-electron chi connectivity index (χ0n) is 13.1. The zero-order chi connectivity index (χ0) is 17.7. The minimum absolute atomic E-state index is 0.00488. The SMILES string of the molecule is Cc1ccc([C@H](O)[C@H](CO)NC(=O)C2=C(C(=O)O)SCCS2)cc1. The van der Waals surface area contributed by atoms with Crippen LogP contribution in [0.4, 0.5) is 0 Å². The fourth-order valence-electron chi connectivity index (χ4n) is 2.20. The summed E-state index contributed by atoms with van der Waals surface area (Å²) in [5, 5.41) is 31.6. The monoisotopic (exact) mass is 369 g/mol. The van der Waals surface area contributed by atoms with Crippen molar-refractivity contribution in [3.8, 4) is 0 Å². The first-order valence-electron chi connectivity index (χ1n) is 7.33. The summed E-state index contributed by atoms with van der Waals surface area (Å²) in [5.74, 6) is -0.473. The van der Waals surface area contributed by atoms with Crippen LogP contribution in [0.2, 0.25) is 0 Å². The van der Waals surface area contributed by atoms with Crippen LogP contribution >= 0.6 is 23.5 Å². The van der Waals surface area contributed by atoms with Crippen molar-refractivity contribution in [3.05, 3.63) is 45.2 Å². The molecule has 1 heterocycles. The van der Waals surface area contributed by atoms with Gasteiger partial charge in [0.25, 0.3) is 5.91 Å². The molecule has 8 heteroatoms. The van der Waals surface area contributed by atoms with Crippen LogP contribution < -0.4 is 5.32 Å². The molecule has 0 aliphatic carbocycles. The highest BCUT2D eigenvalue weighted by atomic mass is 32.2. The number of aliphatic carboxylic acids is 1. The van der Waals surface area contributed by atoms with Crippen LogP contribution in [0.25, 0.3) is 0 Å². The first-order valence-corrected chi connectivity index (χ1v) is 9.30. The predicted molar refractivity (Wildman–Crippen MR) is 94.7 cm³/mol. The van der Waals surface area contributed by atoms with E-state index in [2.05, 4.69) is 5.32 Å². The van der Waals surface area contributed by atoms with Crippen molar-refractivity contribution in [3.63, 3.8) is 0 Å². The average molecular weight is 369 g/mol. The normalized spacial score (nSPS) is 17.3. The van der Waals surface area contributed by atoms with Crippen molar-refractivity contribution >= 4 is 35.4 Å². The summed E-state index contributed by atoms with van der Waals surface area (Å²) in [6.07, 6.45) is -1.09. The Morgan fingerprint density at radius 1 is 1.17 bits per heavy atom. The summed E-state index contributed by atoms with van der Waals surface area (Å²) in [4.78, 5) is 23.7. The molecule has 0 bridgehead atoms. The van der Waals surface area contributed by atoms with Crippen molar-refractivity contribution in [2.45, 2.75) is 19.1 Å². The molecule has 24 heavy (non-hydrogen) atoms. The van der Waals surface area contributed by atoms with Crippen LogP contribution in [0.5, 0.6) is 0 Å². The Morgan fingerprint density at radius 3 is 2.29 bits per heavy atom. The summed E-state index contributed by atoms with van der Waals surface area (Å²) in [6.45, 7) is 1.45. The number of hydrogen-bond donors (Lipinski definition) is 4. The Kier molecular flexibility index (Phi) is 6.73. The predicted octanol–water partition coefficient (Wildman–Crippen LogP) is 1.28. The van der Waals surface area contributed by atoms with Crippen molar-refractivity contribution in [1.29, 1.82) is 0 Å². The molecule has 0 unspecified atom stereocenters. The minimum atomic E-state index is -1.14. The molecule has 1 amide bonds. The number of hydrogen-bond acceptors (Lipinski definition) is 6. The van der Waals surface area contributed by atoms with Gasteiger partial charge in [-0.05, 0) is 12.5 Å². The number of thioether (sulfide) groups is 2. The maximum absolute atomic E-state index is 12.4. The number of carboxylic acid groups (broad SMARTS) is 1. The molecular formula is C16H19NO5S2. The summed E-state index contributed by atoms with van der Waals surface area (Å²) in [7, 11) is 0. The molecule has 1 aromatic carbocycles.